The number of hydrogen-bond donors (Lipinski definition) is 11. The van der Waals surface area contributed by atoms with Crippen molar-refractivity contribution in [2.75, 3.05) is 20.3 Å². The molecule has 16 nitrogen and oxygen atoms in total. The number of nitrogens with two attached hydrogens (primary N) is 2. The molecule has 3 heterocycles. The third-order valence-corrected chi connectivity index (χ3v) is 7.42. The summed E-state index contributed by atoms with van der Waals surface area (Å²) in [5.74, 6) is -2.48. The van der Waals surface area contributed by atoms with Gasteiger partial charge in [-0.05, 0) is 13.5 Å². The van der Waals surface area contributed by atoms with E-state index in [0.717, 1.165) is 0 Å². The van der Waals surface area contributed by atoms with E-state index in [1.54, 1.807) is 7.05 Å². The van der Waals surface area contributed by atoms with Gasteiger partial charge in [-0.3, -0.25) is 0 Å². The zero-order valence-corrected chi connectivity index (χ0v) is 19.6. The molecule has 1 saturated carbocycles. The van der Waals surface area contributed by atoms with Crippen LogP contribution in [0.25, 0.3) is 0 Å². The van der Waals surface area contributed by atoms with E-state index < -0.39 is 111 Å². The predicted octanol–water partition coefficient (Wildman–Crippen LogP) is -7.27. The Morgan fingerprint density at radius 1 is 0.944 bits per heavy atom. The Morgan fingerprint density at radius 3 is 2.22 bits per heavy atom. The average molecular weight is 528 g/mol. The molecule has 16 heteroatoms. The summed E-state index contributed by atoms with van der Waals surface area (Å²) in [6.07, 6.45) is -17.7. The lowest BCUT2D eigenvalue weighted by Gasteiger charge is -2.46. The number of ether oxygens (including phenoxy) is 5. The van der Waals surface area contributed by atoms with Gasteiger partial charge in [0, 0.05) is 12.1 Å². The van der Waals surface area contributed by atoms with E-state index in [-0.39, 0.29) is 6.42 Å². The fraction of sp³-hybridized carbons (Fsp3) is 1.00. The quantitative estimate of drug-likeness (QED) is 0.153. The Bertz CT molecular complexity index is 756. The second-order valence-corrected chi connectivity index (χ2v) is 9.72. The lowest BCUT2D eigenvalue weighted by Crippen LogP contribution is -2.69. The molecular formula is C20H37N3O13. The van der Waals surface area contributed by atoms with Crippen LogP contribution >= 0.6 is 0 Å². The summed E-state index contributed by atoms with van der Waals surface area (Å²) in [5.41, 5.74) is 11.8. The largest absolute Gasteiger partial charge is 0.395 e. The van der Waals surface area contributed by atoms with Crippen LogP contribution in [0, 0.1) is 0 Å². The highest BCUT2D eigenvalue weighted by Gasteiger charge is 2.67. The first-order valence-electron chi connectivity index (χ1n) is 11.8. The van der Waals surface area contributed by atoms with Gasteiger partial charge in [0.25, 0.3) is 0 Å². The lowest BCUT2D eigenvalue weighted by atomic mass is 9.84. The summed E-state index contributed by atoms with van der Waals surface area (Å²) in [7, 11) is 1.60. The van der Waals surface area contributed by atoms with Gasteiger partial charge >= 0.3 is 5.97 Å². The molecule has 4 rings (SSSR count). The van der Waals surface area contributed by atoms with Gasteiger partial charge in [0.15, 0.2) is 12.4 Å². The van der Waals surface area contributed by atoms with E-state index >= 15 is 0 Å². The van der Waals surface area contributed by atoms with Crippen LogP contribution in [0.4, 0.5) is 0 Å². The molecule has 13 N–H and O–H groups in total. The number of aliphatic hydroxyl groups excluding tert-OH is 8. The molecule has 0 aromatic rings. The first-order valence-corrected chi connectivity index (χ1v) is 11.8. The first-order chi connectivity index (χ1) is 17.0. The van der Waals surface area contributed by atoms with Crippen LogP contribution in [0.3, 0.4) is 0 Å². The van der Waals surface area contributed by atoms with Crippen LogP contribution in [0.1, 0.15) is 6.42 Å². The van der Waals surface area contributed by atoms with Crippen LogP contribution in [-0.2, 0) is 23.7 Å². The zero-order chi connectivity index (χ0) is 26.5. The molecule has 4 unspecified atom stereocenters. The van der Waals surface area contributed by atoms with E-state index in [1.165, 1.54) is 0 Å². The molecule has 3 saturated heterocycles. The van der Waals surface area contributed by atoms with Crippen molar-refractivity contribution in [3.8, 4) is 0 Å². The minimum Gasteiger partial charge on any atom is -0.395 e. The maximum absolute atomic E-state index is 10.7. The number of fused-ring (bicyclic) bond motifs is 1. The van der Waals surface area contributed by atoms with Crippen molar-refractivity contribution in [1.29, 1.82) is 0 Å². The maximum atomic E-state index is 10.7. The molecule has 4 aliphatic rings. The summed E-state index contributed by atoms with van der Waals surface area (Å²) in [6.45, 7) is -1.33. The number of nitrogens with one attached hydrogen (secondary N) is 1. The molecule has 1 aliphatic carbocycles. The Hall–Kier alpha value is -0.640. The van der Waals surface area contributed by atoms with Crippen molar-refractivity contribution < 1.29 is 64.5 Å². The van der Waals surface area contributed by atoms with Crippen molar-refractivity contribution in [2.45, 2.75) is 104 Å². The summed E-state index contributed by atoms with van der Waals surface area (Å²) in [4.78, 5) is 0. The van der Waals surface area contributed by atoms with Crippen LogP contribution in [0.5, 0.6) is 0 Å². The summed E-state index contributed by atoms with van der Waals surface area (Å²) in [6, 6.07) is -2.50. The Morgan fingerprint density at radius 2 is 1.61 bits per heavy atom. The summed E-state index contributed by atoms with van der Waals surface area (Å²) >= 11 is 0. The van der Waals surface area contributed by atoms with Crippen molar-refractivity contribution in [3.05, 3.63) is 0 Å². The molecule has 16 atom stereocenters. The van der Waals surface area contributed by atoms with Gasteiger partial charge < -0.3 is 81.3 Å². The van der Waals surface area contributed by atoms with Gasteiger partial charge in [-0.15, -0.1) is 0 Å². The van der Waals surface area contributed by atoms with Crippen molar-refractivity contribution in [1.82, 2.24) is 5.32 Å². The molecule has 0 aromatic carbocycles. The lowest BCUT2D eigenvalue weighted by molar-refractivity contribution is -0.439. The molecule has 0 aromatic heterocycles. The predicted molar refractivity (Wildman–Crippen MR) is 115 cm³/mol. The smallest absolute Gasteiger partial charge is 0.314 e. The molecule has 0 bridgehead atoms. The average Bonchev–Trinajstić information content (AvgIpc) is 3.27. The molecule has 210 valence electrons. The van der Waals surface area contributed by atoms with Crippen molar-refractivity contribution in [3.63, 3.8) is 0 Å². The van der Waals surface area contributed by atoms with Crippen molar-refractivity contribution >= 4 is 0 Å². The number of rotatable bonds is 6. The summed E-state index contributed by atoms with van der Waals surface area (Å²) < 4.78 is 28.7. The first kappa shape index (κ1) is 28.4. The minimum atomic E-state index is -2.48. The van der Waals surface area contributed by atoms with E-state index in [4.69, 9.17) is 35.2 Å². The Labute approximate surface area is 206 Å². The number of hydrogen-bond acceptors (Lipinski definition) is 16. The molecule has 36 heavy (non-hydrogen) atoms. The second kappa shape index (κ2) is 10.9. The minimum absolute atomic E-state index is 0.254. The topological polar surface area (TPSA) is 272 Å². The highest BCUT2D eigenvalue weighted by molar-refractivity contribution is 5.05. The maximum Gasteiger partial charge on any atom is 0.314 e. The van der Waals surface area contributed by atoms with E-state index in [0.29, 0.717) is 0 Å². The summed E-state index contributed by atoms with van der Waals surface area (Å²) in [5, 5.41) is 85.6. The van der Waals surface area contributed by atoms with Gasteiger partial charge in [0.1, 0.15) is 48.8 Å². The normalized spacial score (nSPS) is 54.4. The van der Waals surface area contributed by atoms with Gasteiger partial charge in [-0.25, -0.2) is 0 Å². The number of aliphatic hydroxyl groups is 8. The molecule has 1 spiro atoms. The third kappa shape index (κ3) is 4.68. The second-order valence-electron chi connectivity index (χ2n) is 9.72. The van der Waals surface area contributed by atoms with E-state index in [2.05, 4.69) is 5.32 Å². The van der Waals surface area contributed by atoms with Gasteiger partial charge in [-0.1, -0.05) is 0 Å². The fourth-order valence-corrected chi connectivity index (χ4v) is 5.23. The monoisotopic (exact) mass is 527 g/mol. The van der Waals surface area contributed by atoms with Crippen LogP contribution < -0.4 is 16.8 Å². The van der Waals surface area contributed by atoms with Gasteiger partial charge in [-0.2, -0.15) is 0 Å². The third-order valence-electron chi connectivity index (χ3n) is 7.42. The Kier molecular flexibility index (Phi) is 8.55. The van der Waals surface area contributed by atoms with Gasteiger partial charge in [0.2, 0.25) is 0 Å². The molecule has 0 radical (unpaired) electrons. The highest BCUT2D eigenvalue weighted by Crippen LogP contribution is 2.45. The van der Waals surface area contributed by atoms with Crippen LogP contribution in [0.15, 0.2) is 0 Å². The molecule has 3 aliphatic heterocycles. The molecule has 4 fully saturated rings. The van der Waals surface area contributed by atoms with Crippen LogP contribution in [-0.4, -0.2) is 159 Å². The van der Waals surface area contributed by atoms with Crippen LogP contribution in [0.2, 0.25) is 0 Å². The fourth-order valence-electron chi connectivity index (χ4n) is 5.23. The van der Waals surface area contributed by atoms with Crippen molar-refractivity contribution in [2.24, 2.45) is 11.5 Å². The van der Waals surface area contributed by atoms with E-state index in [1.807, 2.05) is 0 Å². The zero-order valence-electron chi connectivity index (χ0n) is 19.6. The highest BCUT2D eigenvalue weighted by atomic mass is 16.9. The standard InChI is InChI=1S/C20H37N3O13/c1-23-7-2-5(21)9(26)15(10(7)27)33-19-17-16(11(28)8(4-25)32-19)35-20(36-17)18(31)13(30)12(29)14(34-20)6(22)3-24/h5-19,23-31H,2-4,21-22H2,1H3/t5-,6?,7+,8?,9+,10-,11-,12+,13-,14+,15-,16-,17+,18+,19?,20?/m0/s1. The number of likely N-dealkylation sites (N-methyl/N-ethyl adjacent to an activating group) is 1. The SMILES string of the molecule is CN[C@@H]1C[C@H](N)[C@@H](O)[C@H](OC2OC(CO)[C@H](O)[C@@H]3OC4(O[C@H](C(N)CO)[C@H](O)[C@H](O)[C@H]4O)O[C@@H]23)[C@H]1O. The van der Waals surface area contributed by atoms with Gasteiger partial charge in [0.05, 0.1) is 31.5 Å². The van der Waals surface area contributed by atoms with E-state index in [9.17, 15) is 40.9 Å². The molecule has 0 amide bonds. The molecular weight excluding hydrogens is 490 g/mol. The Balaban J connectivity index is 1.62.